The summed E-state index contributed by atoms with van der Waals surface area (Å²) < 4.78 is 0. The Morgan fingerprint density at radius 1 is 0.644 bits per heavy atom. The van der Waals surface area contributed by atoms with Crippen molar-refractivity contribution in [2.75, 3.05) is 18.0 Å². The van der Waals surface area contributed by atoms with Gasteiger partial charge >= 0.3 is 0 Å². The first kappa shape index (κ1) is 28.8. The number of rotatable bonds is 5. The third-order valence-electron chi connectivity index (χ3n) is 10.9. The zero-order valence-electron chi connectivity index (χ0n) is 27.4. The van der Waals surface area contributed by atoms with Crippen LogP contribution < -0.4 is 15.5 Å². The van der Waals surface area contributed by atoms with Gasteiger partial charge in [0.2, 0.25) is 0 Å². The summed E-state index contributed by atoms with van der Waals surface area (Å²) in [5, 5.41) is 7.23. The minimum absolute atomic E-state index is 0.116. The SMILES string of the molecule is Cc1c([C@H]2CC[C@H](c3ccc4nc([C@@H]5CCCN5)[nH]c4c3C)N2c2ccc(C(C)(C)C)cc2)ccc2nc([C@@H]3CCCN3)[nH]c12. The van der Waals surface area contributed by atoms with Crippen molar-refractivity contribution in [1.82, 2.24) is 30.6 Å². The Hall–Kier alpha value is -3.68. The molecule has 0 aliphatic carbocycles. The highest BCUT2D eigenvalue weighted by atomic mass is 15.2. The molecule has 3 fully saturated rings. The van der Waals surface area contributed by atoms with Crippen LogP contribution in [0.1, 0.15) is 123 Å². The number of nitrogens with one attached hydrogen (secondary N) is 4. The maximum atomic E-state index is 5.02. The van der Waals surface area contributed by atoms with Gasteiger partial charge in [-0.1, -0.05) is 45.0 Å². The van der Waals surface area contributed by atoms with E-state index in [-0.39, 0.29) is 17.5 Å². The third-order valence-corrected chi connectivity index (χ3v) is 10.9. The Bertz CT molecular complexity index is 1740. The number of hydrogen-bond acceptors (Lipinski definition) is 5. The summed E-state index contributed by atoms with van der Waals surface area (Å²) >= 11 is 0. The average Bonchev–Trinajstić information content (AvgIpc) is 3.86. The summed E-state index contributed by atoms with van der Waals surface area (Å²) in [6, 6.07) is 19.7. The highest BCUT2D eigenvalue weighted by Crippen LogP contribution is 2.49. The minimum Gasteiger partial charge on any atom is -0.357 e. The summed E-state index contributed by atoms with van der Waals surface area (Å²) in [6.45, 7) is 13.6. The molecule has 0 spiro atoms. The van der Waals surface area contributed by atoms with Crippen LogP contribution in [-0.4, -0.2) is 33.0 Å². The lowest BCUT2D eigenvalue weighted by Gasteiger charge is -2.35. The standard InChI is InChI=1S/C38H47N7/c1-22-26(14-16-28-34(22)43-36(41-28)30-8-6-20-39-30)32-18-19-33(45(32)25-12-10-24(11-13-25)38(3,4)5)27-15-17-29-35(23(27)2)44-37(42-29)31-9-7-21-40-31/h10-17,30-33,39-40H,6-9,18-21H2,1-5H3,(H,41,43)(H,42,44)/t30-,31-,32+,33+/m0/s1. The van der Waals surface area contributed by atoms with Gasteiger partial charge in [0.25, 0.3) is 0 Å². The molecule has 0 bridgehead atoms. The van der Waals surface area contributed by atoms with E-state index >= 15 is 0 Å². The first-order valence-corrected chi connectivity index (χ1v) is 17.1. The zero-order valence-corrected chi connectivity index (χ0v) is 27.4. The Morgan fingerprint density at radius 2 is 1.13 bits per heavy atom. The van der Waals surface area contributed by atoms with Crippen molar-refractivity contribution in [1.29, 1.82) is 0 Å². The van der Waals surface area contributed by atoms with Crippen LogP contribution in [0.25, 0.3) is 22.1 Å². The molecule has 3 aliphatic rings. The molecule has 234 valence electrons. The Balaban J connectivity index is 1.21. The van der Waals surface area contributed by atoms with Gasteiger partial charge < -0.3 is 25.5 Å². The molecule has 0 radical (unpaired) electrons. The molecule has 4 atom stereocenters. The molecule has 4 N–H and O–H groups in total. The smallest absolute Gasteiger partial charge is 0.124 e. The van der Waals surface area contributed by atoms with Crippen molar-refractivity contribution in [2.45, 2.75) is 103 Å². The lowest BCUT2D eigenvalue weighted by molar-refractivity contribution is 0.589. The summed E-state index contributed by atoms with van der Waals surface area (Å²) in [7, 11) is 0. The van der Waals surface area contributed by atoms with Gasteiger partial charge in [0.1, 0.15) is 11.6 Å². The zero-order chi connectivity index (χ0) is 30.9. The summed E-state index contributed by atoms with van der Waals surface area (Å²) in [6.07, 6.45) is 6.91. The van der Waals surface area contributed by atoms with Crippen molar-refractivity contribution in [3.8, 4) is 0 Å². The van der Waals surface area contributed by atoms with E-state index in [9.17, 15) is 0 Å². The lowest BCUT2D eigenvalue weighted by atomic mass is 9.87. The first-order valence-electron chi connectivity index (χ1n) is 17.1. The molecule has 8 rings (SSSR count). The van der Waals surface area contributed by atoms with Crippen LogP contribution in [0, 0.1) is 13.8 Å². The summed E-state index contributed by atoms with van der Waals surface area (Å²) in [5.74, 6) is 2.16. The van der Waals surface area contributed by atoms with E-state index in [0.717, 1.165) is 61.5 Å². The second-order valence-corrected chi connectivity index (χ2v) is 14.7. The number of anilines is 1. The first-order chi connectivity index (χ1) is 21.8. The lowest BCUT2D eigenvalue weighted by Crippen LogP contribution is -2.27. The molecule has 3 aliphatic heterocycles. The maximum Gasteiger partial charge on any atom is 0.124 e. The number of benzene rings is 3. The number of aryl methyl sites for hydroxylation is 2. The van der Waals surface area contributed by atoms with E-state index in [1.165, 1.54) is 57.4 Å². The van der Waals surface area contributed by atoms with Gasteiger partial charge in [0.15, 0.2) is 0 Å². The van der Waals surface area contributed by atoms with Gasteiger partial charge in [-0.05, 0) is 123 Å². The van der Waals surface area contributed by atoms with Gasteiger partial charge in [-0.25, -0.2) is 9.97 Å². The van der Waals surface area contributed by atoms with Crippen molar-refractivity contribution < 1.29 is 0 Å². The Kier molecular flexibility index (Phi) is 7.03. The number of fused-ring (bicyclic) bond motifs is 2. The number of hydrogen-bond donors (Lipinski definition) is 4. The Labute approximate surface area is 266 Å². The fourth-order valence-corrected chi connectivity index (χ4v) is 8.30. The minimum atomic E-state index is 0.116. The number of nitrogens with zero attached hydrogens (tertiary/aromatic N) is 3. The molecule has 5 aromatic rings. The van der Waals surface area contributed by atoms with E-state index < -0.39 is 0 Å². The highest BCUT2D eigenvalue weighted by Gasteiger charge is 2.38. The van der Waals surface area contributed by atoms with Crippen LogP contribution in [-0.2, 0) is 5.41 Å². The molecule has 0 saturated carbocycles. The fourth-order valence-electron chi connectivity index (χ4n) is 8.30. The molecule has 45 heavy (non-hydrogen) atoms. The monoisotopic (exact) mass is 601 g/mol. The van der Waals surface area contributed by atoms with Crippen LogP contribution >= 0.6 is 0 Å². The number of imidazole rings is 2. The van der Waals surface area contributed by atoms with Crippen LogP contribution in [0.5, 0.6) is 0 Å². The number of aromatic amines is 2. The second kappa shape index (κ2) is 11.0. The third kappa shape index (κ3) is 4.95. The Morgan fingerprint density at radius 3 is 1.56 bits per heavy atom. The molecule has 0 unspecified atom stereocenters. The summed E-state index contributed by atoms with van der Waals surface area (Å²) in [5.41, 5.74) is 12.7. The molecule has 7 heteroatoms. The largest absolute Gasteiger partial charge is 0.357 e. The maximum absolute atomic E-state index is 5.02. The van der Waals surface area contributed by atoms with Crippen LogP contribution in [0.3, 0.4) is 0 Å². The fraction of sp³-hybridized carbons (Fsp3) is 0.474. The summed E-state index contributed by atoms with van der Waals surface area (Å²) in [4.78, 5) is 20.2. The van der Waals surface area contributed by atoms with Crippen LogP contribution in [0.4, 0.5) is 5.69 Å². The van der Waals surface area contributed by atoms with Gasteiger partial charge in [0, 0.05) is 5.69 Å². The molecular weight excluding hydrogens is 554 g/mol. The van der Waals surface area contributed by atoms with Gasteiger partial charge in [-0.3, -0.25) is 0 Å². The average molecular weight is 602 g/mol. The van der Waals surface area contributed by atoms with E-state index in [4.69, 9.17) is 9.97 Å². The van der Waals surface area contributed by atoms with Crippen molar-refractivity contribution in [3.63, 3.8) is 0 Å². The topological polar surface area (TPSA) is 84.7 Å². The quantitative estimate of drug-likeness (QED) is 0.163. The molecule has 2 aromatic heterocycles. The molecule has 5 heterocycles. The number of aromatic nitrogens is 4. The van der Waals surface area contributed by atoms with Crippen molar-refractivity contribution in [2.24, 2.45) is 0 Å². The number of H-pyrrole nitrogens is 2. The second-order valence-electron chi connectivity index (χ2n) is 14.7. The van der Waals surface area contributed by atoms with Gasteiger partial charge in [0.05, 0.1) is 46.2 Å². The van der Waals surface area contributed by atoms with Gasteiger partial charge in [-0.15, -0.1) is 0 Å². The predicted molar refractivity (Wildman–Crippen MR) is 184 cm³/mol. The van der Waals surface area contributed by atoms with Crippen molar-refractivity contribution >= 4 is 27.8 Å². The molecule has 3 aromatic carbocycles. The molecular formula is C38H47N7. The van der Waals surface area contributed by atoms with E-state index in [2.05, 4.69) is 109 Å². The normalized spacial score (nSPS) is 24.1. The highest BCUT2D eigenvalue weighted by molar-refractivity contribution is 5.82. The van der Waals surface area contributed by atoms with Crippen LogP contribution in [0.2, 0.25) is 0 Å². The van der Waals surface area contributed by atoms with E-state index in [1.54, 1.807) is 0 Å². The van der Waals surface area contributed by atoms with Gasteiger partial charge in [-0.2, -0.15) is 0 Å². The van der Waals surface area contributed by atoms with Crippen molar-refractivity contribution in [3.05, 3.63) is 88.0 Å². The van der Waals surface area contributed by atoms with E-state index in [1.807, 2.05) is 0 Å². The predicted octanol–water partition coefficient (Wildman–Crippen LogP) is 8.29. The van der Waals surface area contributed by atoms with E-state index in [0.29, 0.717) is 12.1 Å². The molecule has 0 amide bonds. The molecule has 3 saturated heterocycles. The van der Waals surface area contributed by atoms with Crippen LogP contribution in [0.15, 0.2) is 48.5 Å². The molecule has 7 nitrogen and oxygen atoms in total.